The molecule has 1 atom stereocenters. The molecule has 3 aromatic rings. The molecule has 0 spiro atoms. The molecule has 2 N–H and O–H groups in total. The Labute approximate surface area is 153 Å². The third-order valence-electron chi connectivity index (χ3n) is 4.67. The number of carbonyl (C=O) groups is 1. The highest BCUT2D eigenvalue weighted by Crippen LogP contribution is 2.18. The van der Waals surface area contributed by atoms with Gasteiger partial charge in [-0.3, -0.25) is 9.59 Å². The lowest BCUT2D eigenvalue weighted by atomic mass is 10.0. The Balaban J connectivity index is 1.70. The zero-order valence-electron chi connectivity index (χ0n) is 15.4. The molecule has 4 heteroatoms. The van der Waals surface area contributed by atoms with Crippen LogP contribution in [0.25, 0.3) is 10.9 Å². The molecule has 0 aliphatic rings. The number of fused-ring (bicyclic) bond motifs is 1. The van der Waals surface area contributed by atoms with Gasteiger partial charge in [-0.05, 0) is 55.8 Å². The number of H-pyrrole nitrogens is 1. The number of hydrogen-bond acceptors (Lipinski definition) is 2. The van der Waals surface area contributed by atoms with Crippen LogP contribution in [0.2, 0.25) is 0 Å². The second kappa shape index (κ2) is 7.56. The Hall–Kier alpha value is -2.88. The van der Waals surface area contributed by atoms with Gasteiger partial charge < -0.3 is 10.3 Å². The summed E-state index contributed by atoms with van der Waals surface area (Å²) < 4.78 is 0. The van der Waals surface area contributed by atoms with Crippen LogP contribution >= 0.6 is 0 Å². The van der Waals surface area contributed by atoms with Crippen LogP contribution in [0.3, 0.4) is 0 Å². The number of rotatable bonds is 5. The van der Waals surface area contributed by atoms with Crippen molar-refractivity contribution in [1.82, 2.24) is 10.3 Å². The number of pyridine rings is 1. The Morgan fingerprint density at radius 3 is 2.58 bits per heavy atom. The van der Waals surface area contributed by atoms with Gasteiger partial charge in [0.2, 0.25) is 5.91 Å². The summed E-state index contributed by atoms with van der Waals surface area (Å²) >= 11 is 0. The summed E-state index contributed by atoms with van der Waals surface area (Å²) in [6.07, 6.45) is 0.710. The molecule has 26 heavy (non-hydrogen) atoms. The number of aryl methyl sites for hydroxylation is 3. The molecule has 134 valence electrons. The Kier molecular flexibility index (Phi) is 5.21. The third-order valence-corrected chi connectivity index (χ3v) is 4.67. The zero-order valence-corrected chi connectivity index (χ0v) is 15.4. The first-order valence-corrected chi connectivity index (χ1v) is 8.91. The first-order chi connectivity index (χ1) is 12.4. The first kappa shape index (κ1) is 17.9. The lowest BCUT2D eigenvalue weighted by Crippen LogP contribution is -2.27. The minimum Gasteiger partial charge on any atom is -0.350 e. The summed E-state index contributed by atoms with van der Waals surface area (Å²) in [5, 5.41) is 4.00. The predicted octanol–water partition coefficient (Wildman–Crippen LogP) is 3.95. The van der Waals surface area contributed by atoms with Gasteiger partial charge in [0, 0.05) is 12.0 Å². The molecule has 0 aliphatic carbocycles. The molecule has 1 aromatic heterocycles. The largest absolute Gasteiger partial charge is 0.350 e. The van der Waals surface area contributed by atoms with E-state index in [1.165, 1.54) is 0 Å². The predicted molar refractivity (Wildman–Crippen MR) is 105 cm³/mol. The standard InChI is InChI=1S/C22H24N2O2/c1-14-11-15(2)21-19(12-14)13-18(22(26)24-21)9-10-20(25)23-16(3)17-7-5-4-6-8-17/h4-8,11-13,16H,9-10H2,1-3H3,(H,23,25)(H,24,26). The monoisotopic (exact) mass is 348 g/mol. The zero-order chi connectivity index (χ0) is 18.7. The van der Waals surface area contributed by atoms with Crippen LogP contribution in [-0.2, 0) is 11.2 Å². The number of aromatic nitrogens is 1. The van der Waals surface area contributed by atoms with Crippen LogP contribution in [0.15, 0.2) is 53.3 Å². The third kappa shape index (κ3) is 4.02. The van der Waals surface area contributed by atoms with E-state index in [-0.39, 0.29) is 23.9 Å². The fraction of sp³-hybridized carbons (Fsp3) is 0.273. The quantitative estimate of drug-likeness (QED) is 0.733. The highest BCUT2D eigenvalue weighted by molar-refractivity contribution is 5.83. The molecule has 4 nitrogen and oxygen atoms in total. The van der Waals surface area contributed by atoms with E-state index in [0.29, 0.717) is 12.0 Å². The van der Waals surface area contributed by atoms with Crippen molar-refractivity contribution in [2.24, 2.45) is 0 Å². The number of benzene rings is 2. The van der Waals surface area contributed by atoms with Gasteiger partial charge in [0.1, 0.15) is 0 Å². The van der Waals surface area contributed by atoms with Crippen molar-refractivity contribution >= 4 is 16.8 Å². The number of amides is 1. The maximum absolute atomic E-state index is 12.3. The van der Waals surface area contributed by atoms with Gasteiger partial charge in [0.05, 0.1) is 11.6 Å². The normalized spacial score (nSPS) is 12.1. The highest BCUT2D eigenvalue weighted by atomic mass is 16.1. The Morgan fingerprint density at radius 1 is 1.12 bits per heavy atom. The number of nitrogens with one attached hydrogen (secondary N) is 2. The topological polar surface area (TPSA) is 62.0 Å². The molecule has 3 rings (SSSR count). The average Bonchev–Trinajstić information content (AvgIpc) is 2.61. The van der Waals surface area contributed by atoms with Gasteiger partial charge in [0.25, 0.3) is 5.56 Å². The van der Waals surface area contributed by atoms with E-state index in [0.717, 1.165) is 27.6 Å². The second-order valence-corrected chi connectivity index (χ2v) is 6.87. The van der Waals surface area contributed by atoms with Crippen molar-refractivity contribution in [1.29, 1.82) is 0 Å². The second-order valence-electron chi connectivity index (χ2n) is 6.87. The fourth-order valence-corrected chi connectivity index (χ4v) is 3.30. The molecule has 0 bridgehead atoms. The first-order valence-electron chi connectivity index (χ1n) is 8.91. The molecule has 1 amide bonds. The molecule has 2 aromatic carbocycles. The van der Waals surface area contributed by atoms with Crippen molar-refractivity contribution in [3.8, 4) is 0 Å². The highest BCUT2D eigenvalue weighted by Gasteiger charge is 2.11. The smallest absolute Gasteiger partial charge is 0.251 e. The van der Waals surface area contributed by atoms with Crippen LogP contribution < -0.4 is 10.9 Å². The molecule has 0 saturated carbocycles. The Morgan fingerprint density at radius 2 is 1.85 bits per heavy atom. The van der Waals surface area contributed by atoms with Crippen LogP contribution in [0.5, 0.6) is 0 Å². The van der Waals surface area contributed by atoms with Gasteiger partial charge in [-0.2, -0.15) is 0 Å². The van der Waals surface area contributed by atoms with E-state index in [1.54, 1.807) is 0 Å². The number of carbonyl (C=O) groups excluding carboxylic acids is 1. The molecular weight excluding hydrogens is 324 g/mol. The van der Waals surface area contributed by atoms with E-state index < -0.39 is 0 Å². The van der Waals surface area contributed by atoms with E-state index in [1.807, 2.05) is 57.2 Å². The van der Waals surface area contributed by atoms with Gasteiger partial charge in [-0.1, -0.05) is 42.0 Å². The summed E-state index contributed by atoms with van der Waals surface area (Å²) in [7, 11) is 0. The van der Waals surface area contributed by atoms with E-state index in [9.17, 15) is 9.59 Å². The number of hydrogen-bond donors (Lipinski definition) is 2. The van der Waals surface area contributed by atoms with E-state index in [4.69, 9.17) is 0 Å². The van der Waals surface area contributed by atoms with Crippen molar-refractivity contribution in [3.63, 3.8) is 0 Å². The minimum absolute atomic E-state index is 0.0520. The summed E-state index contributed by atoms with van der Waals surface area (Å²) in [6.45, 7) is 5.99. The molecule has 0 fully saturated rings. The van der Waals surface area contributed by atoms with Crippen LogP contribution in [-0.4, -0.2) is 10.9 Å². The fourth-order valence-electron chi connectivity index (χ4n) is 3.30. The summed E-state index contributed by atoms with van der Waals surface area (Å²) in [5.74, 6) is -0.0544. The van der Waals surface area contributed by atoms with E-state index >= 15 is 0 Å². The van der Waals surface area contributed by atoms with Crippen molar-refractivity contribution in [3.05, 3.63) is 81.1 Å². The van der Waals surface area contributed by atoms with Crippen LogP contribution in [0.4, 0.5) is 0 Å². The van der Waals surface area contributed by atoms with Gasteiger partial charge in [-0.15, -0.1) is 0 Å². The lowest BCUT2D eigenvalue weighted by molar-refractivity contribution is -0.121. The average molecular weight is 348 g/mol. The molecule has 1 unspecified atom stereocenters. The van der Waals surface area contributed by atoms with E-state index in [2.05, 4.69) is 22.4 Å². The van der Waals surface area contributed by atoms with Gasteiger partial charge in [0.15, 0.2) is 0 Å². The van der Waals surface area contributed by atoms with Crippen LogP contribution in [0, 0.1) is 13.8 Å². The summed E-state index contributed by atoms with van der Waals surface area (Å²) in [5.41, 5.74) is 4.67. The number of aromatic amines is 1. The molecule has 0 radical (unpaired) electrons. The van der Waals surface area contributed by atoms with Gasteiger partial charge in [-0.25, -0.2) is 0 Å². The SMILES string of the molecule is Cc1cc(C)c2[nH]c(=O)c(CCC(=O)NC(C)c3ccccc3)cc2c1. The maximum Gasteiger partial charge on any atom is 0.251 e. The van der Waals surface area contributed by atoms with Crippen molar-refractivity contribution in [2.75, 3.05) is 0 Å². The molecular formula is C22H24N2O2. The minimum atomic E-state index is -0.117. The summed E-state index contributed by atoms with van der Waals surface area (Å²) in [6, 6.07) is 15.8. The van der Waals surface area contributed by atoms with Crippen molar-refractivity contribution < 1.29 is 4.79 Å². The molecule has 0 saturated heterocycles. The maximum atomic E-state index is 12.3. The molecule has 0 aliphatic heterocycles. The van der Waals surface area contributed by atoms with Gasteiger partial charge >= 0.3 is 0 Å². The van der Waals surface area contributed by atoms with Crippen LogP contribution in [0.1, 0.15) is 41.6 Å². The van der Waals surface area contributed by atoms with Crippen molar-refractivity contribution in [2.45, 2.75) is 39.7 Å². The Bertz CT molecular complexity index is 990. The summed E-state index contributed by atoms with van der Waals surface area (Å²) in [4.78, 5) is 27.6. The molecule has 1 heterocycles. The lowest BCUT2D eigenvalue weighted by Gasteiger charge is -2.14.